The fourth-order valence-corrected chi connectivity index (χ4v) is 1.62. The molecule has 14 heavy (non-hydrogen) atoms. The Labute approximate surface area is 81.6 Å². The lowest BCUT2D eigenvalue weighted by Gasteiger charge is -2.14. The van der Waals surface area contributed by atoms with Gasteiger partial charge in [-0.2, -0.15) is 0 Å². The van der Waals surface area contributed by atoms with Gasteiger partial charge in [0.25, 0.3) is 0 Å². The number of amides is 1. The molecule has 1 aromatic carbocycles. The molecule has 0 saturated carbocycles. The van der Waals surface area contributed by atoms with Crippen LogP contribution >= 0.6 is 0 Å². The van der Waals surface area contributed by atoms with Crippen molar-refractivity contribution >= 4 is 17.4 Å². The molecule has 0 radical (unpaired) electrons. The number of para-hydroxylation sites is 1. The van der Waals surface area contributed by atoms with Crippen molar-refractivity contribution in [2.24, 2.45) is 0 Å². The summed E-state index contributed by atoms with van der Waals surface area (Å²) in [7, 11) is 0. The van der Waals surface area contributed by atoms with Crippen molar-refractivity contribution in [3.63, 3.8) is 0 Å². The molecular formula is C11H9NO2. The number of benzene rings is 1. The van der Waals surface area contributed by atoms with Crippen LogP contribution in [0.5, 0.6) is 0 Å². The van der Waals surface area contributed by atoms with E-state index >= 15 is 0 Å². The van der Waals surface area contributed by atoms with Gasteiger partial charge in [-0.15, -0.1) is 0 Å². The minimum Gasteiger partial charge on any atom is -0.287 e. The molecule has 1 aromatic rings. The molecule has 0 atom stereocenters. The lowest BCUT2D eigenvalue weighted by molar-refractivity contribution is -0.116. The maximum absolute atomic E-state index is 11.6. The van der Waals surface area contributed by atoms with Crippen LogP contribution in [0.15, 0.2) is 36.5 Å². The molecule has 0 saturated heterocycles. The molecule has 0 fully saturated rings. The quantitative estimate of drug-likeness (QED) is 0.580. The van der Waals surface area contributed by atoms with E-state index in [4.69, 9.17) is 0 Å². The highest BCUT2D eigenvalue weighted by Crippen LogP contribution is 2.33. The first-order chi connectivity index (χ1) is 6.63. The minimum absolute atomic E-state index is 0.171. The third-order valence-corrected chi connectivity index (χ3v) is 2.24. The maximum atomic E-state index is 11.6. The molecule has 2 rings (SSSR count). The van der Waals surface area contributed by atoms with Crippen molar-refractivity contribution in [1.82, 2.24) is 0 Å². The van der Waals surface area contributed by atoms with Gasteiger partial charge in [-0.1, -0.05) is 18.7 Å². The van der Waals surface area contributed by atoms with Crippen LogP contribution in [-0.2, 0) is 4.79 Å². The Morgan fingerprint density at radius 1 is 1.36 bits per heavy atom. The van der Waals surface area contributed by atoms with Gasteiger partial charge >= 0.3 is 0 Å². The predicted octanol–water partition coefficient (Wildman–Crippen LogP) is 1.75. The van der Waals surface area contributed by atoms with E-state index in [0.29, 0.717) is 11.3 Å². The molecule has 0 N–H and O–H groups in total. The lowest BCUT2D eigenvalue weighted by atomic mass is 10.1. The van der Waals surface area contributed by atoms with Crippen molar-refractivity contribution in [3.05, 3.63) is 42.1 Å². The molecule has 0 aromatic heterocycles. The zero-order valence-corrected chi connectivity index (χ0v) is 7.78. The van der Waals surface area contributed by atoms with E-state index in [9.17, 15) is 9.59 Å². The average Bonchev–Trinajstić information content (AvgIpc) is 2.41. The predicted molar refractivity (Wildman–Crippen MR) is 53.1 cm³/mol. The van der Waals surface area contributed by atoms with Gasteiger partial charge in [0.05, 0.1) is 11.4 Å². The molecule has 0 bridgehead atoms. The molecule has 1 aliphatic heterocycles. The highest BCUT2D eigenvalue weighted by molar-refractivity contribution is 6.24. The average molecular weight is 187 g/mol. The summed E-state index contributed by atoms with van der Waals surface area (Å²) in [5, 5.41) is 0. The van der Waals surface area contributed by atoms with Gasteiger partial charge in [-0.25, -0.2) is 0 Å². The van der Waals surface area contributed by atoms with Crippen molar-refractivity contribution in [1.29, 1.82) is 0 Å². The highest BCUT2D eigenvalue weighted by Gasteiger charge is 2.32. The third kappa shape index (κ3) is 0.988. The van der Waals surface area contributed by atoms with Crippen LogP contribution in [0, 0.1) is 0 Å². The fourth-order valence-electron chi connectivity index (χ4n) is 1.62. The first-order valence-corrected chi connectivity index (χ1v) is 4.26. The summed E-state index contributed by atoms with van der Waals surface area (Å²) >= 11 is 0. The van der Waals surface area contributed by atoms with E-state index in [1.54, 1.807) is 24.3 Å². The molecule has 70 valence electrons. The lowest BCUT2D eigenvalue weighted by Crippen LogP contribution is -2.24. The summed E-state index contributed by atoms with van der Waals surface area (Å²) in [6, 6.07) is 7.01. The second-order valence-electron chi connectivity index (χ2n) is 3.15. The summed E-state index contributed by atoms with van der Waals surface area (Å²) in [6.07, 6.45) is 0. The molecule has 1 aliphatic rings. The Kier molecular flexibility index (Phi) is 1.74. The van der Waals surface area contributed by atoms with E-state index in [-0.39, 0.29) is 17.4 Å². The molecule has 0 spiro atoms. The van der Waals surface area contributed by atoms with Crippen LogP contribution in [0.3, 0.4) is 0 Å². The van der Waals surface area contributed by atoms with Gasteiger partial charge < -0.3 is 0 Å². The standard InChI is InChI=1S/C11H9NO2/c1-7-11(14)9-5-3-4-6-10(9)12(7)8(2)13/h3-6H,1H2,2H3. The van der Waals surface area contributed by atoms with Crippen LogP contribution in [-0.4, -0.2) is 11.7 Å². The molecule has 0 aliphatic carbocycles. The van der Waals surface area contributed by atoms with Gasteiger partial charge in [-0.3, -0.25) is 14.5 Å². The number of rotatable bonds is 0. The largest absolute Gasteiger partial charge is 0.287 e. The van der Waals surface area contributed by atoms with Crippen LogP contribution in [0.2, 0.25) is 0 Å². The summed E-state index contributed by atoms with van der Waals surface area (Å²) < 4.78 is 0. The van der Waals surface area contributed by atoms with Crippen molar-refractivity contribution in [2.45, 2.75) is 6.92 Å². The monoisotopic (exact) mass is 187 g/mol. The number of hydrogen-bond acceptors (Lipinski definition) is 2. The van der Waals surface area contributed by atoms with E-state index in [2.05, 4.69) is 6.58 Å². The van der Waals surface area contributed by atoms with E-state index in [1.807, 2.05) is 0 Å². The van der Waals surface area contributed by atoms with Crippen LogP contribution in [0.1, 0.15) is 17.3 Å². The summed E-state index contributed by atoms with van der Waals surface area (Å²) in [5.74, 6) is -0.357. The summed E-state index contributed by atoms with van der Waals surface area (Å²) in [6.45, 7) is 5.03. The Bertz CT molecular complexity index is 448. The number of ketones is 1. The SMILES string of the molecule is C=C1C(=O)c2ccccc2N1C(C)=O. The number of carbonyl (C=O) groups excluding carboxylic acids is 2. The topological polar surface area (TPSA) is 37.4 Å². The summed E-state index contributed by atoms with van der Waals surface area (Å²) in [4.78, 5) is 24.2. The summed E-state index contributed by atoms with van der Waals surface area (Å²) in [5.41, 5.74) is 1.42. The highest BCUT2D eigenvalue weighted by atomic mass is 16.2. The number of Topliss-reactive ketones (excluding diaryl/α,β-unsaturated/α-hetero) is 1. The second kappa shape index (κ2) is 2.80. The Morgan fingerprint density at radius 2 is 2.00 bits per heavy atom. The Balaban J connectivity index is 2.64. The smallest absolute Gasteiger partial charge is 0.228 e. The molecule has 0 unspecified atom stereocenters. The van der Waals surface area contributed by atoms with Gasteiger partial charge in [-0.05, 0) is 12.1 Å². The molecule has 1 amide bonds. The number of hydrogen-bond donors (Lipinski definition) is 0. The Morgan fingerprint density at radius 3 is 2.64 bits per heavy atom. The molecule has 1 heterocycles. The normalized spacial score (nSPS) is 14.5. The second-order valence-corrected chi connectivity index (χ2v) is 3.15. The zero-order valence-electron chi connectivity index (χ0n) is 7.78. The van der Waals surface area contributed by atoms with Gasteiger partial charge in [0.2, 0.25) is 11.7 Å². The van der Waals surface area contributed by atoms with E-state index in [0.717, 1.165) is 0 Å². The van der Waals surface area contributed by atoms with Crippen molar-refractivity contribution in [3.8, 4) is 0 Å². The van der Waals surface area contributed by atoms with Crippen LogP contribution in [0.4, 0.5) is 5.69 Å². The molecule has 3 heteroatoms. The van der Waals surface area contributed by atoms with E-state index in [1.165, 1.54) is 11.8 Å². The molecule has 3 nitrogen and oxygen atoms in total. The number of fused-ring (bicyclic) bond motifs is 1. The first kappa shape index (κ1) is 8.69. The fraction of sp³-hybridized carbons (Fsp3) is 0.0909. The van der Waals surface area contributed by atoms with Gasteiger partial charge in [0.15, 0.2) is 0 Å². The number of carbonyl (C=O) groups is 2. The number of anilines is 1. The van der Waals surface area contributed by atoms with Crippen LogP contribution < -0.4 is 4.90 Å². The van der Waals surface area contributed by atoms with Crippen LogP contribution in [0.25, 0.3) is 0 Å². The van der Waals surface area contributed by atoms with Gasteiger partial charge in [0.1, 0.15) is 0 Å². The molecular weight excluding hydrogens is 178 g/mol. The van der Waals surface area contributed by atoms with Gasteiger partial charge in [0, 0.05) is 12.5 Å². The number of nitrogens with zero attached hydrogens (tertiary/aromatic N) is 1. The Hall–Kier alpha value is -1.90. The number of allylic oxidation sites excluding steroid dienone is 1. The maximum Gasteiger partial charge on any atom is 0.228 e. The minimum atomic E-state index is -0.187. The zero-order chi connectivity index (χ0) is 10.3. The third-order valence-electron chi connectivity index (χ3n) is 2.24. The van der Waals surface area contributed by atoms with Crippen molar-refractivity contribution < 1.29 is 9.59 Å². The van der Waals surface area contributed by atoms with E-state index < -0.39 is 0 Å². The van der Waals surface area contributed by atoms with Crippen molar-refractivity contribution in [2.75, 3.05) is 4.90 Å². The first-order valence-electron chi connectivity index (χ1n) is 4.26.